The molecule has 1 amide bonds. The number of anilines is 1. The molecule has 0 saturated carbocycles. The number of nitrogens with zero attached hydrogens (tertiary/aromatic N) is 2. The summed E-state index contributed by atoms with van der Waals surface area (Å²) in [6.45, 7) is 1.43. The van der Waals surface area contributed by atoms with Crippen molar-refractivity contribution >= 4 is 23.2 Å². The molecule has 0 aliphatic carbocycles. The van der Waals surface area contributed by atoms with Gasteiger partial charge >= 0.3 is 0 Å². The van der Waals surface area contributed by atoms with E-state index in [4.69, 9.17) is 38.3 Å². The number of hydrogen-bond acceptors (Lipinski definition) is 7. The summed E-state index contributed by atoms with van der Waals surface area (Å²) < 4.78 is 13.1. The molecule has 0 spiro atoms. The topological polar surface area (TPSA) is 143 Å². The van der Waals surface area contributed by atoms with Crippen molar-refractivity contribution in [1.29, 1.82) is 0 Å². The average molecular weight is 433 g/mol. The fraction of sp³-hybridized carbons (Fsp3) is 0.300. The molecule has 1 atom stereocenters. The number of ether oxygens (including phenoxy) is 2. The number of aromatic nitrogens is 2. The molecule has 2 heterocycles. The van der Waals surface area contributed by atoms with Crippen molar-refractivity contribution < 1.29 is 14.3 Å². The van der Waals surface area contributed by atoms with E-state index in [1.165, 1.54) is 6.08 Å². The van der Waals surface area contributed by atoms with Gasteiger partial charge in [-0.2, -0.15) is 5.10 Å². The minimum atomic E-state index is -0.808. The van der Waals surface area contributed by atoms with Crippen LogP contribution < -0.4 is 27.3 Å². The van der Waals surface area contributed by atoms with Crippen LogP contribution in [0.4, 0.5) is 5.69 Å². The number of rotatable bonds is 7. The predicted molar refractivity (Wildman–Crippen MR) is 115 cm³/mol. The summed E-state index contributed by atoms with van der Waals surface area (Å²) in [7, 11) is 1.55. The second kappa shape index (κ2) is 9.55. The number of benzene rings is 1. The van der Waals surface area contributed by atoms with Gasteiger partial charge in [0.15, 0.2) is 0 Å². The summed E-state index contributed by atoms with van der Waals surface area (Å²) in [5.41, 5.74) is 18.8. The lowest BCUT2D eigenvalue weighted by Crippen LogP contribution is -2.24. The number of carbonyl (C=O) groups is 1. The Labute approximate surface area is 179 Å². The molecule has 3 rings (SSSR count). The molecule has 1 aromatic heterocycles. The first-order valence-corrected chi connectivity index (χ1v) is 9.77. The highest BCUT2D eigenvalue weighted by molar-refractivity contribution is 6.29. The van der Waals surface area contributed by atoms with Crippen LogP contribution in [-0.4, -0.2) is 36.0 Å². The molecule has 1 fully saturated rings. The quantitative estimate of drug-likeness (QED) is 0.297. The van der Waals surface area contributed by atoms with Crippen molar-refractivity contribution in [3.8, 4) is 16.9 Å². The van der Waals surface area contributed by atoms with Crippen LogP contribution >= 0.6 is 11.6 Å². The summed E-state index contributed by atoms with van der Waals surface area (Å²) in [6, 6.07) is 5.73. The molecule has 0 bridgehead atoms. The summed E-state index contributed by atoms with van der Waals surface area (Å²) in [5, 5.41) is 7.47. The molecule has 9 nitrogen and oxygen atoms in total. The number of nitrogens with one attached hydrogen (secondary N) is 1. The molecule has 7 N–H and O–H groups in total. The van der Waals surface area contributed by atoms with Gasteiger partial charge in [-0.15, -0.1) is 0 Å². The number of halogens is 1. The maximum Gasteiger partial charge on any atom is 0.266 e. The van der Waals surface area contributed by atoms with E-state index in [0.29, 0.717) is 18.0 Å². The summed E-state index contributed by atoms with van der Waals surface area (Å²) in [6.07, 6.45) is 7.09. The zero-order valence-corrected chi connectivity index (χ0v) is 17.4. The van der Waals surface area contributed by atoms with Crippen molar-refractivity contribution in [3.05, 3.63) is 53.2 Å². The van der Waals surface area contributed by atoms with Gasteiger partial charge in [0.05, 0.1) is 37.3 Å². The number of allylic oxidation sites excluding steroid dienone is 1. The van der Waals surface area contributed by atoms with Gasteiger partial charge in [-0.05, 0) is 25.0 Å². The zero-order chi connectivity index (χ0) is 21.7. The summed E-state index contributed by atoms with van der Waals surface area (Å²) >= 11 is 5.77. The van der Waals surface area contributed by atoms with Gasteiger partial charge in [-0.3, -0.25) is 9.48 Å². The Morgan fingerprint density at radius 3 is 2.83 bits per heavy atom. The van der Waals surface area contributed by atoms with E-state index in [-0.39, 0.29) is 22.6 Å². The van der Waals surface area contributed by atoms with Gasteiger partial charge in [0.1, 0.15) is 16.6 Å². The Kier molecular flexibility index (Phi) is 6.86. The van der Waals surface area contributed by atoms with Crippen molar-refractivity contribution in [2.24, 2.45) is 17.2 Å². The average Bonchev–Trinajstić information content (AvgIpc) is 3.23. The summed E-state index contributed by atoms with van der Waals surface area (Å²) in [4.78, 5) is 11.5. The molecular weight excluding hydrogens is 408 g/mol. The van der Waals surface area contributed by atoms with Crippen molar-refractivity contribution in [3.63, 3.8) is 0 Å². The van der Waals surface area contributed by atoms with E-state index in [1.807, 2.05) is 23.0 Å². The fourth-order valence-corrected chi connectivity index (χ4v) is 3.40. The highest BCUT2D eigenvalue weighted by Gasteiger charge is 2.19. The minimum Gasteiger partial charge on any atom is -0.494 e. The Hall–Kier alpha value is -3.17. The normalized spacial score (nSPS) is 17.9. The number of primary amides is 1. The van der Waals surface area contributed by atoms with E-state index in [0.717, 1.165) is 30.6 Å². The Balaban J connectivity index is 1.97. The van der Waals surface area contributed by atoms with Gasteiger partial charge in [0.25, 0.3) is 5.91 Å². The van der Waals surface area contributed by atoms with Crippen LogP contribution in [0.15, 0.2) is 53.2 Å². The number of carbonyl (C=O) groups excluding carboxylic acids is 1. The van der Waals surface area contributed by atoms with Crippen LogP contribution in [-0.2, 0) is 9.53 Å². The number of amides is 1. The first-order chi connectivity index (χ1) is 14.4. The zero-order valence-electron chi connectivity index (χ0n) is 16.6. The third-order valence-electron chi connectivity index (χ3n) is 4.75. The molecule has 1 saturated heterocycles. The van der Waals surface area contributed by atoms with Crippen molar-refractivity contribution in [1.82, 2.24) is 9.78 Å². The maximum absolute atomic E-state index is 11.5. The van der Waals surface area contributed by atoms with E-state index in [9.17, 15) is 4.79 Å². The SMILES string of the molecule is COc1c(NC(/C=C(\N)Cl)=C(/N)C(N)=O)cccc1-c1cnn(C2CCCOC2)c1. The predicted octanol–water partition coefficient (Wildman–Crippen LogP) is 2.02. The highest BCUT2D eigenvalue weighted by Crippen LogP contribution is 2.37. The first kappa shape index (κ1) is 21.5. The third-order valence-corrected chi connectivity index (χ3v) is 4.86. The van der Waals surface area contributed by atoms with E-state index in [2.05, 4.69) is 10.4 Å². The molecule has 1 unspecified atom stereocenters. The Bertz CT molecular complexity index is 975. The summed E-state index contributed by atoms with van der Waals surface area (Å²) in [5.74, 6) is -0.272. The Morgan fingerprint density at radius 2 is 2.20 bits per heavy atom. The molecule has 1 aliphatic heterocycles. The molecule has 0 radical (unpaired) electrons. The van der Waals surface area contributed by atoms with Crippen LogP contribution in [0.25, 0.3) is 11.1 Å². The molecule has 10 heteroatoms. The van der Waals surface area contributed by atoms with Gasteiger partial charge in [0, 0.05) is 23.9 Å². The minimum absolute atomic E-state index is 0.0622. The number of nitrogens with two attached hydrogens (primary N) is 3. The number of methoxy groups -OCH3 is 1. The van der Waals surface area contributed by atoms with Gasteiger partial charge in [-0.1, -0.05) is 23.7 Å². The smallest absolute Gasteiger partial charge is 0.266 e. The second-order valence-corrected chi connectivity index (χ2v) is 7.25. The molecule has 2 aromatic rings. The lowest BCUT2D eigenvalue weighted by molar-refractivity contribution is -0.114. The number of hydrogen-bond donors (Lipinski definition) is 4. The van der Waals surface area contributed by atoms with Crippen LogP contribution in [0.5, 0.6) is 5.75 Å². The largest absolute Gasteiger partial charge is 0.494 e. The third kappa shape index (κ3) is 4.87. The molecule has 1 aliphatic rings. The highest BCUT2D eigenvalue weighted by atomic mass is 35.5. The first-order valence-electron chi connectivity index (χ1n) is 9.39. The van der Waals surface area contributed by atoms with Crippen LogP contribution in [0, 0.1) is 0 Å². The molecule has 160 valence electrons. The van der Waals surface area contributed by atoms with Crippen LogP contribution in [0.2, 0.25) is 0 Å². The fourth-order valence-electron chi connectivity index (χ4n) is 3.29. The maximum atomic E-state index is 11.5. The van der Waals surface area contributed by atoms with E-state index >= 15 is 0 Å². The van der Waals surface area contributed by atoms with Crippen LogP contribution in [0.1, 0.15) is 18.9 Å². The van der Waals surface area contributed by atoms with Gasteiger partial charge < -0.3 is 32.0 Å². The second-order valence-electron chi connectivity index (χ2n) is 6.81. The van der Waals surface area contributed by atoms with Gasteiger partial charge in [0.2, 0.25) is 0 Å². The van der Waals surface area contributed by atoms with E-state index < -0.39 is 5.91 Å². The lowest BCUT2D eigenvalue weighted by atomic mass is 10.1. The van der Waals surface area contributed by atoms with E-state index in [1.54, 1.807) is 19.4 Å². The van der Waals surface area contributed by atoms with Gasteiger partial charge in [-0.25, -0.2) is 0 Å². The van der Waals surface area contributed by atoms with Crippen LogP contribution in [0.3, 0.4) is 0 Å². The monoisotopic (exact) mass is 432 g/mol. The lowest BCUT2D eigenvalue weighted by Gasteiger charge is -2.22. The van der Waals surface area contributed by atoms with Crippen molar-refractivity contribution in [2.75, 3.05) is 25.6 Å². The van der Waals surface area contributed by atoms with Crippen molar-refractivity contribution in [2.45, 2.75) is 18.9 Å². The molecular formula is C20H25ClN6O3. The molecule has 1 aromatic carbocycles. The number of para-hydroxylation sites is 1. The standard InChI is InChI=1S/C20H25ClN6O3/c1-29-19-14(12-9-25-27(10-12)13-4-3-7-30-11-13)5-2-6-15(19)26-16(8-17(21)22)18(23)20(24)28/h2,5-6,8-10,13,26H,3-4,7,11,22-23H2,1H3,(H2,24,28)/b17-8-,18-16+. The molecule has 30 heavy (non-hydrogen) atoms. The Morgan fingerprint density at radius 1 is 1.40 bits per heavy atom.